The lowest BCUT2D eigenvalue weighted by molar-refractivity contribution is -0.156. The second kappa shape index (κ2) is 42.3. The van der Waals surface area contributed by atoms with E-state index in [0.29, 0.717) is 13.2 Å². The number of carbonyl (C=O) groups is 3. The zero-order valence-electron chi connectivity index (χ0n) is 36.3. The normalized spacial score (nSPS) is 11.9. The van der Waals surface area contributed by atoms with E-state index in [1.807, 2.05) is 19.0 Å². The van der Waals surface area contributed by atoms with Gasteiger partial charge in [-0.3, -0.25) is 4.79 Å². The fourth-order valence-electron chi connectivity index (χ4n) is 6.76. The van der Waals surface area contributed by atoms with Crippen molar-refractivity contribution in [2.24, 2.45) is 0 Å². The van der Waals surface area contributed by atoms with Gasteiger partial charge in [0.15, 0.2) is 0 Å². The van der Waals surface area contributed by atoms with Crippen LogP contribution in [0.3, 0.4) is 0 Å². The van der Waals surface area contributed by atoms with E-state index in [1.165, 1.54) is 167 Å². The minimum absolute atomic E-state index is 0.0123. The summed E-state index contributed by atoms with van der Waals surface area (Å²) in [5.41, 5.74) is 0. The Balaban J connectivity index is 4.05. The molecule has 0 fully saturated rings. The Bertz CT molecular complexity index is 821. The molecular weight excluding hydrogens is 679 g/mol. The van der Waals surface area contributed by atoms with Gasteiger partial charge in [0.05, 0.1) is 13.2 Å². The first-order valence-electron chi connectivity index (χ1n) is 23.2. The third kappa shape index (κ3) is 39.9. The lowest BCUT2D eigenvalue weighted by Crippen LogP contribution is -2.31. The molecule has 0 aromatic carbocycles. The van der Waals surface area contributed by atoms with Crippen LogP contribution >= 0.6 is 0 Å². The minimum Gasteiger partial charge on any atom is -0.466 e. The van der Waals surface area contributed by atoms with Gasteiger partial charge < -0.3 is 23.8 Å². The quantitative estimate of drug-likeness (QED) is 0.0344. The maximum Gasteiger partial charge on any atom is 0.509 e. The highest BCUT2D eigenvalue weighted by Crippen LogP contribution is 2.16. The van der Waals surface area contributed by atoms with E-state index in [2.05, 4.69) is 13.8 Å². The summed E-state index contributed by atoms with van der Waals surface area (Å²) in [4.78, 5) is 39.4. The van der Waals surface area contributed by atoms with Gasteiger partial charge in [0, 0.05) is 19.4 Å². The van der Waals surface area contributed by atoms with Crippen LogP contribution in [-0.2, 0) is 28.5 Å². The largest absolute Gasteiger partial charge is 0.509 e. The second-order valence-electron chi connectivity index (χ2n) is 16.0. The summed E-state index contributed by atoms with van der Waals surface area (Å²) in [5, 5.41) is 0. The second-order valence-corrected chi connectivity index (χ2v) is 16.0. The van der Waals surface area contributed by atoms with Gasteiger partial charge in [-0.2, -0.15) is 0 Å². The van der Waals surface area contributed by atoms with Crippen LogP contribution < -0.4 is 0 Å². The monoisotopic (exact) mass is 768 g/mol. The summed E-state index contributed by atoms with van der Waals surface area (Å²) >= 11 is 0. The highest BCUT2D eigenvalue weighted by molar-refractivity contribution is 5.78. The summed E-state index contributed by atoms with van der Waals surface area (Å²) in [6.07, 6.45) is 39.0. The molecule has 0 N–H and O–H groups in total. The van der Waals surface area contributed by atoms with E-state index >= 15 is 0 Å². The Morgan fingerprint density at radius 1 is 0.426 bits per heavy atom. The highest BCUT2D eigenvalue weighted by atomic mass is 16.7. The number of unbranched alkanes of at least 4 members (excludes halogenated alkanes) is 30. The number of rotatable bonds is 42. The Hall–Kier alpha value is -1.83. The van der Waals surface area contributed by atoms with Gasteiger partial charge >= 0.3 is 18.1 Å². The number of carbonyl (C=O) groups excluding carboxylic acids is 3. The molecule has 320 valence electrons. The molecule has 0 bridgehead atoms. The smallest absolute Gasteiger partial charge is 0.466 e. The van der Waals surface area contributed by atoms with Crippen molar-refractivity contribution in [2.45, 2.75) is 238 Å². The molecule has 0 heterocycles. The zero-order valence-corrected chi connectivity index (χ0v) is 36.3. The molecule has 0 saturated heterocycles. The molecule has 54 heavy (non-hydrogen) atoms. The van der Waals surface area contributed by atoms with Gasteiger partial charge in [0.25, 0.3) is 0 Å². The van der Waals surface area contributed by atoms with Gasteiger partial charge in [-0.15, -0.1) is 0 Å². The van der Waals surface area contributed by atoms with Crippen LogP contribution in [0, 0.1) is 0 Å². The molecule has 0 rings (SSSR count). The molecule has 1 atom stereocenters. The Morgan fingerprint density at radius 2 is 0.759 bits per heavy atom. The third-order valence-corrected chi connectivity index (χ3v) is 10.4. The van der Waals surface area contributed by atoms with Gasteiger partial charge in [-0.05, 0) is 26.9 Å². The zero-order chi connectivity index (χ0) is 39.6. The summed E-state index contributed by atoms with van der Waals surface area (Å²) in [5.74, 6) is -1.03. The maximum atomic E-state index is 12.8. The van der Waals surface area contributed by atoms with Crippen molar-refractivity contribution in [3.63, 3.8) is 0 Å². The van der Waals surface area contributed by atoms with Crippen molar-refractivity contribution < 1.29 is 33.3 Å². The van der Waals surface area contributed by atoms with E-state index in [4.69, 9.17) is 18.9 Å². The predicted octanol–water partition coefficient (Wildman–Crippen LogP) is 13.5. The topological polar surface area (TPSA) is 91.4 Å². The molecule has 8 nitrogen and oxygen atoms in total. The van der Waals surface area contributed by atoms with E-state index in [0.717, 1.165) is 38.5 Å². The number of hydrogen-bond acceptors (Lipinski definition) is 8. The van der Waals surface area contributed by atoms with Crippen LogP contribution in [0.1, 0.15) is 232 Å². The number of nitrogens with zero attached hydrogens (tertiary/aromatic N) is 1. The SMILES string of the molecule is CCCCCCCCCCCCCCCCCCOC(=O)CCC(OC(=O)OCCN(C)C)C(=O)OCCCCCCCCCCCCCCCCCC. The molecule has 0 aromatic heterocycles. The first-order valence-corrected chi connectivity index (χ1v) is 23.2. The van der Waals surface area contributed by atoms with Crippen molar-refractivity contribution in [2.75, 3.05) is 40.5 Å². The molecule has 0 aliphatic heterocycles. The van der Waals surface area contributed by atoms with Gasteiger partial charge in [-0.25, -0.2) is 9.59 Å². The van der Waals surface area contributed by atoms with Crippen LogP contribution in [0.2, 0.25) is 0 Å². The highest BCUT2D eigenvalue weighted by Gasteiger charge is 2.26. The number of ether oxygens (including phenoxy) is 4. The van der Waals surface area contributed by atoms with E-state index in [-0.39, 0.29) is 26.1 Å². The van der Waals surface area contributed by atoms with Crippen molar-refractivity contribution >= 4 is 18.1 Å². The summed E-state index contributed by atoms with van der Waals surface area (Å²) in [6.45, 7) is 5.87. The molecule has 0 aliphatic rings. The van der Waals surface area contributed by atoms with E-state index in [1.54, 1.807) is 0 Å². The molecule has 0 aliphatic carbocycles. The molecule has 0 radical (unpaired) electrons. The molecule has 0 saturated carbocycles. The average Bonchev–Trinajstić information content (AvgIpc) is 3.15. The standard InChI is InChI=1S/C46H89NO7/c1-5-7-9-11-13-15-17-19-21-23-25-27-29-31-33-35-40-51-44(48)38-37-43(54-46(50)53-42-39-47(3)4)45(49)52-41-36-34-32-30-28-26-24-22-20-18-16-14-12-10-8-6-2/h43H,5-42H2,1-4H3. The predicted molar refractivity (Wildman–Crippen MR) is 225 cm³/mol. The first kappa shape index (κ1) is 52.2. The van der Waals surface area contributed by atoms with Crippen LogP contribution in [0.15, 0.2) is 0 Å². The number of esters is 2. The van der Waals surface area contributed by atoms with Gasteiger partial charge in [-0.1, -0.05) is 206 Å². The van der Waals surface area contributed by atoms with E-state index in [9.17, 15) is 14.4 Å². The first-order chi connectivity index (χ1) is 26.4. The molecule has 8 heteroatoms. The number of likely N-dealkylation sites (N-methyl/N-ethyl adjacent to an activating group) is 1. The lowest BCUT2D eigenvalue weighted by Gasteiger charge is -2.17. The van der Waals surface area contributed by atoms with Crippen molar-refractivity contribution in [3.05, 3.63) is 0 Å². The Morgan fingerprint density at radius 3 is 1.11 bits per heavy atom. The summed E-state index contributed by atoms with van der Waals surface area (Å²) in [7, 11) is 3.75. The lowest BCUT2D eigenvalue weighted by atomic mass is 10.0. The van der Waals surface area contributed by atoms with Gasteiger partial charge in [0.1, 0.15) is 6.61 Å². The van der Waals surface area contributed by atoms with Crippen LogP contribution in [0.25, 0.3) is 0 Å². The average molecular weight is 768 g/mol. The summed E-state index contributed by atoms with van der Waals surface area (Å²) < 4.78 is 21.3. The van der Waals surface area contributed by atoms with Crippen molar-refractivity contribution in [1.29, 1.82) is 0 Å². The van der Waals surface area contributed by atoms with Crippen LogP contribution in [0.5, 0.6) is 0 Å². The Kier molecular flexibility index (Phi) is 40.9. The minimum atomic E-state index is -1.19. The number of hydrogen-bond donors (Lipinski definition) is 0. The van der Waals surface area contributed by atoms with Gasteiger partial charge in [0.2, 0.25) is 6.10 Å². The maximum absolute atomic E-state index is 12.8. The molecular formula is C46H89NO7. The van der Waals surface area contributed by atoms with Crippen molar-refractivity contribution in [3.8, 4) is 0 Å². The van der Waals surface area contributed by atoms with Crippen molar-refractivity contribution in [1.82, 2.24) is 4.90 Å². The molecule has 0 amide bonds. The Labute approximate surface area is 334 Å². The summed E-state index contributed by atoms with van der Waals surface area (Å²) in [6, 6.07) is 0. The van der Waals surface area contributed by atoms with Crippen LogP contribution in [-0.4, -0.2) is 69.6 Å². The molecule has 0 aromatic rings. The molecule has 0 spiro atoms. The fourth-order valence-corrected chi connectivity index (χ4v) is 6.76. The third-order valence-electron chi connectivity index (χ3n) is 10.4. The molecule has 1 unspecified atom stereocenters. The fraction of sp³-hybridized carbons (Fsp3) is 0.935. The van der Waals surface area contributed by atoms with Crippen LogP contribution in [0.4, 0.5) is 4.79 Å². The van der Waals surface area contributed by atoms with E-state index < -0.39 is 24.2 Å².